The number of nitrogens with one attached hydrogen (secondary N) is 1. The van der Waals surface area contributed by atoms with E-state index in [1.165, 1.54) is 0 Å². The van der Waals surface area contributed by atoms with Crippen LogP contribution in [0, 0.1) is 6.92 Å². The molecule has 0 unspecified atom stereocenters. The Kier molecular flexibility index (Phi) is 2.79. The first-order valence-corrected chi connectivity index (χ1v) is 5.38. The van der Waals surface area contributed by atoms with Crippen molar-refractivity contribution in [2.75, 3.05) is 7.05 Å². The van der Waals surface area contributed by atoms with Crippen LogP contribution in [0.4, 0.5) is 0 Å². The molecule has 0 radical (unpaired) electrons. The van der Waals surface area contributed by atoms with Crippen molar-refractivity contribution in [3.05, 3.63) is 45.7 Å². The van der Waals surface area contributed by atoms with Gasteiger partial charge in [0.15, 0.2) is 5.43 Å². The van der Waals surface area contributed by atoms with Crippen molar-refractivity contribution >= 4 is 10.9 Å². The van der Waals surface area contributed by atoms with Crippen molar-refractivity contribution < 1.29 is 0 Å². The van der Waals surface area contributed by atoms with Gasteiger partial charge >= 0.3 is 0 Å². The van der Waals surface area contributed by atoms with Crippen LogP contribution >= 0.6 is 0 Å². The van der Waals surface area contributed by atoms with E-state index in [-0.39, 0.29) is 5.43 Å². The van der Waals surface area contributed by atoms with Crippen LogP contribution in [0.1, 0.15) is 11.3 Å². The largest absolute Gasteiger partial charge is 0.347 e. The Bertz CT molecular complexity index is 584. The number of para-hydroxylation sites is 1. The van der Waals surface area contributed by atoms with E-state index in [1.54, 1.807) is 0 Å². The minimum Gasteiger partial charge on any atom is -0.347 e. The predicted octanol–water partition coefficient (Wildman–Crippen LogP) is 1.57. The Hall–Kier alpha value is -1.61. The maximum atomic E-state index is 12.2. The first-order chi connectivity index (χ1) is 7.66. The molecule has 1 N–H and O–H groups in total. The van der Waals surface area contributed by atoms with Crippen molar-refractivity contribution in [3.63, 3.8) is 0 Å². The molecule has 1 aromatic heterocycles. The number of pyridine rings is 1. The quantitative estimate of drug-likeness (QED) is 0.826. The fraction of sp³-hybridized carbons (Fsp3) is 0.308. The Labute approximate surface area is 94.7 Å². The summed E-state index contributed by atoms with van der Waals surface area (Å²) >= 11 is 0. The van der Waals surface area contributed by atoms with Gasteiger partial charge in [0.1, 0.15) is 0 Å². The predicted molar refractivity (Wildman–Crippen MR) is 66.7 cm³/mol. The van der Waals surface area contributed by atoms with Crippen LogP contribution < -0.4 is 10.7 Å². The molecule has 84 valence electrons. The second-order valence-corrected chi connectivity index (χ2v) is 4.00. The third kappa shape index (κ3) is 1.53. The molecule has 0 amide bonds. The summed E-state index contributed by atoms with van der Waals surface area (Å²) in [7, 11) is 3.85. The molecule has 3 nitrogen and oxygen atoms in total. The number of hydrogen-bond acceptors (Lipinski definition) is 2. The number of benzene rings is 1. The molecule has 0 aliphatic rings. The van der Waals surface area contributed by atoms with E-state index in [0.717, 1.165) is 22.2 Å². The van der Waals surface area contributed by atoms with Crippen molar-refractivity contribution in [2.45, 2.75) is 13.5 Å². The van der Waals surface area contributed by atoms with Crippen LogP contribution in [-0.4, -0.2) is 11.6 Å². The molecular formula is C13H16N2O. The molecule has 0 fully saturated rings. The molecule has 0 saturated heterocycles. The fourth-order valence-corrected chi connectivity index (χ4v) is 2.05. The zero-order valence-corrected chi connectivity index (χ0v) is 9.87. The van der Waals surface area contributed by atoms with Gasteiger partial charge in [0, 0.05) is 30.2 Å². The second kappa shape index (κ2) is 4.10. The molecule has 1 aromatic carbocycles. The summed E-state index contributed by atoms with van der Waals surface area (Å²) in [5, 5.41) is 3.84. The second-order valence-electron chi connectivity index (χ2n) is 4.00. The third-order valence-electron chi connectivity index (χ3n) is 3.08. The lowest BCUT2D eigenvalue weighted by Crippen LogP contribution is -2.21. The molecule has 0 atom stereocenters. The molecule has 1 heterocycles. The topological polar surface area (TPSA) is 34.0 Å². The van der Waals surface area contributed by atoms with E-state index < -0.39 is 0 Å². The lowest BCUT2D eigenvalue weighted by molar-refractivity contribution is 0.776. The maximum Gasteiger partial charge on any atom is 0.194 e. The zero-order chi connectivity index (χ0) is 11.7. The number of hydrogen-bond donors (Lipinski definition) is 1. The molecule has 0 aliphatic heterocycles. The summed E-state index contributed by atoms with van der Waals surface area (Å²) in [6, 6.07) is 7.73. The number of fused-ring (bicyclic) bond motifs is 1. The summed E-state index contributed by atoms with van der Waals surface area (Å²) in [5.41, 5.74) is 3.01. The van der Waals surface area contributed by atoms with Crippen LogP contribution in [0.25, 0.3) is 10.9 Å². The summed E-state index contributed by atoms with van der Waals surface area (Å²) in [4.78, 5) is 12.2. The van der Waals surface area contributed by atoms with Gasteiger partial charge in [0.2, 0.25) is 0 Å². The molecule has 0 spiro atoms. The van der Waals surface area contributed by atoms with Gasteiger partial charge in [-0.2, -0.15) is 0 Å². The van der Waals surface area contributed by atoms with Gasteiger partial charge in [0.25, 0.3) is 0 Å². The number of aromatic nitrogens is 1. The van der Waals surface area contributed by atoms with Gasteiger partial charge in [-0.05, 0) is 26.1 Å². The minimum absolute atomic E-state index is 0.139. The van der Waals surface area contributed by atoms with Crippen LogP contribution in [0.5, 0.6) is 0 Å². The van der Waals surface area contributed by atoms with Crippen molar-refractivity contribution in [3.8, 4) is 0 Å². The summed E-state index contributed by atoms with van der Waals surface area (Å²) in [6.45, 7) is 2.60. The lowest BCUT2D eigenvalue weighted by atomic mass is 10.1. The van der Waals surface area contributed by atoms with Gasteiger partial charge < -0.3 is 9.88 Å². The van der Waals surface area contributed by atoms with Gasteiger partial charge in [0.05, 0.1) is 5.52 Å². The third-order valence-corrected chi connectivity index (χ3v) is 3.08. The Balaban J connectivity index is 2.89. The summed E-state index contributed by atoms with van der Waals surface area (Å²) < 4.78 is 2.07. The molecule has 0 aliphatic carbocycles. The molecule has 0 saturated carbocycles. The van der Waals surface area contributed by atoms with Crippen LogP contribution in [0.2, 0.25) is 0 Å². The fourth-order valence-electron chi connectivity index (χ4n) is 2.05. The van der Waals surface area contributed by atoms with Gasteiger partial charge in [-0.3, -0.25) is 4.79 Å². The van der Waals surface area contributed by atoms with E-state index >= 15 is 0 Å². The van der Waals surface area contributed by atoms with Gasteiger partial charge in [-0.25, -0.2) is 0 Å². The van der Waals surface area contributed by atoms with E-state index in [9.17, 15) is 4.79 Å². The van der Waals surface area contributed by atoms with Crippen LogP contribution in [0.15, 0.2) is 29.1 Å². The van der Waals surface area contributed by atoms with Crippen LogP contribution in [0.3, 0.4) is 0 Å². The lowest BCUT2D eigenvalue weighted by Gasteiger charge is -2.13. The van der Waals surface area contributed by atoms with Gasteiger partial charge in [-0.15, -0.1) is 0 Å². The standard InChI is InChI=1S/C13H16N2O/c1-9-11(8-14-2)13(16)10-6-4-5-7-12(10)15(9)3/h4-7,14H,8H2,1-3H3. The Morgan fingerprint density at radius 2 is 2.00 bits per heavy atom. The first kappa shape index (κ1) is 10.9. The highest BCUT2D eigenvalue weighted by atomic mass is 16.1. The highest BCUT2D eigenvalue weighted by Gasteiger charge is 2.10. The molecular weight excluding hydrogens is 200 g/mol. The molecule has 0 bridgehead atoms. The summed E-state index contributed by atoms with van der Waals surface area (Å²) in [6.07, 6.45) is 0. The highest BCUT2D eigenvalue weighted by Crippen LogP contribution is 2.13. The molecule has 16 heavy (non-hydrogen) atoms. The van der Waals surface area contributed by atoms with Crippen molar-refractivity contribution in [1.29, 1.82) is 0 Å². The Morgan fingerprint density at radius 3 is 2.69 bits per heavy atom. The summed E-state index contributed by atoms with van der Waals surface area (Å²) in [5.74, 6) is 0. The van der Waals surface area contributed by atoms with E-state index in [4.69, 9.17) is 0 Å². The minimum atomic E-state index is 0.139. The average molecular weight is 216 g/mol. The zero-order valence-electron chi connectivity index (χ0n) is 9.87. The smallest absolute Gasteiger partial charge is 0.194 e. The van der Waals surface area contributed by atoms with Crippen molar-refractivity contribution in [1.82, 2.24) is 9.88 Å². The number of nitrogens with zero attached hydrogens (tertiary/aromatic N) is 1. The van der Waals surface area contributed by atoms with Gasteiger partial charge in [-0.1, -0.05) is 12.1 Å². The van der Waals surface area contributed by atoms with E-state index in [1.807, 2.05) is 45.3 Å². The molecule has 2 rings (SSSR count). The molecule has 3 heteroatoms. The van der Waals surface area contributed by atoms with Crippen LogP contribution in [-0.2, 0) is 13.6 Å². The highest BCUT2D eigenvalue weighted by molar-refractivity contribution is 5.80. The Morgan fingerprint density at radius 1 is 1.31 bits per heavy atom. The van der Waals surface area contributed by atoms with Crippen molar-refractivity contribution in [2.24, 2.45) is 7.05 Å². The van der Waals surface area contributed by atoms with E-state index in [2.05, 4.69) is 9.88 Å². The monoisotopic (exact) mass is 216 g/mol. The normalized spacial score (nSPS) is 10.9. The average Bonchev–Trinajstić information content (AvgIpc) is 2.32. The number of aryl methyl sites for hydroxylation is 1. The SMILES string of the molecule is CNCc1c(C)n(C)c2ccccc2c1=O. The number of rotatable bonds is 2. The molecule has 2 aromatic rings. The maximum absolute atomic E-state index is 12.2. The first-order valence-electron chi connectivity index (χ1n) is 5.38. The van der Waals surface area contributed by atoms with E-state index in [0.29, 0.717) is 6.54 Å².